The minimum atomic E-state index is -0.324. The van der Waals surface area contributed by atoms with Crippen molar-refractivity contribution in [2.75, 3.05) is 11.1 Å². The Morgan fingerprint density at radius 2 is 1.84 bits per heavy atom. The number of hydrogen-bond acceptors (Lipinski definition) is 3. The first-order valence-electron chi connectivity index (χ1n) is 5.76. The van der Waals surface area contributed by atoms with Crippen LogP contribution >= 0.6 is 11.6 Å². The van der Waals surface area contributed by atoms with Crippen molar-refractivity contribution >= 4 is 28.9 Å². The van der Waals surface area contributed by atoms with Gasteiger partial charge in [-0.05, 0) is 43.2 Å². The van der Waals surface area contributed by atoms with E-state index >= 15 is 0 Å². The lowest BCUT2D eigenvalue weighted by Crippen LogP contribution is -2.13. The van der Waals surface area contributed by atoms with E-state index in [9.17, 15) is 4.79 Å². The molecule has 1 heterocycles. The predicted octanol–water partition coefficient (Wildman–Crippen LogP) is 3.19. The van der Waals surface area contributed by atoms with Gasteiger partial charge in [-0.25, -0.2) is 4.98 Å². The van der Waals surface area contributed by atoms with Crippen molar-refractivity contribution in [3.63, 3.8) is 0 Å². The van der Waals surface area contributed by atoms with E-state index in [1.54, 1.807) is 0 Å². The summed E-state index contributed by atoms with van der Waals surface area (Å²) < 4.78 is 0. The Morgan fingerprint density at radius 1 is 1.21 bits per heavy atom. The number of carbonyl (C=O) groups excluding carboxylic acids is 1. The molecule has 4 nitrogen and oxygen atoms in total. The van der Waals surface area contributed by atoms with Gasteiger partial charge < -0.3 is 11.1 Å². The molecule has 0 aliphatic heterocycles. The maximum absolute atomic E-state index is 12.1. The second kappa shape index (κ2) is 5.28. The van der Waals surface area contributed by atoms with Gasteiger partial charge in [0.05, 0.1) is 17.4 Å². The molecule has 0 unspecified atom stereocenters. The minimum Gasteiger partial charge on any atom is -0.397 e. The molecule has 0 atom stereocenters. The summed E-state index contributed by atoms with van der Waals surface area (Å²) in [5, 5.41) is 2.92. The van der Waals surface area contributed by atoms with E-state index < -0.39 is 0 Å². The molecular weight excluding hydrogens is 262 g/mol. The molecule has 1 aromatic carbocycles. The number of hydrogen-bond donors (Lipinski definition) is 2. The zero-order chi connectivity index (χ0) is 14.0. The average Bonchev–Trinajstić information content (AvgIpc) is 2.30. The lowest BCUT2D eigenvalue weighted by Gasteiger charge is -2.08. The van der Waals surface area contributed by atoms with Crippen molar-refractivity contribution in [2.24, 2.45) is 0 Å². The molecule has 0 radical (unpaired) electrons. The monoisotopic (exact) mass is 275 g/mol. The third kappa shape index (κ3) is 3.23. The van der Waals surface area contributed by atoms with E-state index in [1.807, 2.05) is 32.0 Å². The Labute approximate surface area is 116 Å². The summed E-state index contributed by atoms with van der Waals surface area (Å²) in [7, 11) is 0. The molecule has 19 heavy (non-hydrogen) atoms. The summed E-state index contributed by atoms with van der Waals surface area (Å²) >= 11 is 5.89. The first-order chi connectivity index (χ1) is 8.95. The highest BCUT2D eigenvalue weighted by Gasteiger charge is 2.12. The van der Waals surface area contributed by atoms with Gasteiger partial charge in [-0.15, -0.1) is 0 Å². The molecule has 2 rings (SSSR count). The minimum absolute atomic E-state index is 0.135. The van der Waals surface area contributed by atoms with Gasteiger partial charge in [0.1, 0.15) is 5.15 Å². The van der Waals surface area contributed by atoms with Crippen molar-refractivity contribution < 1.29 is 4.79 Å². The highest BCUT2D eigenvalue weighted by Crippen LogP contribution is 2.19. The summed E-state index contributed by atoms with van der Waals surface area (Å²) in [4.78, 5) is 16.0. The molecule has 5 heteroatoms. The zero-order valence-electron chi connectivity index (χ0n) is 10.7. The van der Waals surface area contributed by atoms with E-state index in [0.717, 1.165) is 16.8 Å². The van der Waals surface area contributed by atoms with E-state index in [0.29, 0.717) is 5.69 Å². The van der Waals surface area contributed by atoms with Crippen LogP contribution in [0.2, 0.25) is 5.15 Å². The van der Waals surface area contributed by atoms with Crippen LogP contribution in [0, 0.1) is 13.8 Å². The van der Waals surface area contributed by atoms with Gasteiger partial charge in [0, 0.05) is 5.69 Å². The summed E-state index contributed by atoms with van der Waals surface area (Å²) in [6.45, 7) is 3.94. The number of nitrogens with one attached hydrogen (secondary N) is 1. The molecule has 0 saturated heterocycles. The number of pyridine rings is 1. The second-order valence-corrected chi connectivity index (χ2v) is 4.80. The van der Waals surface area contributed by atoms with Gasteiger partial charge in [0.2, 0.25) is 0 Å². The number of nitrogens with zero attached hydrogens (tertiary/aromatic N) is 1. The number of carbonyl (C=O) groups is 1. The van der Waals surface area contributed by atoms with Crippen LogP contribution in [0.5, 0.6) is 0 Å². The van der Waals surface area contributed by atoms with Gasteiger partial charge in [0.15, 0.2) is 0 Å². The molecule has 0 aliphatic carbocycles. The molecule has 0 saturated carbocycles. The smallest absolute Gasteiger partial charge is 0.258 e. The molecular formula is C14H14ClN3O. The van der Waals surface area contributed by atoms with E-state index in [-0.39, 0.29) is 16.6 Å². The number of nitrogen functional groups attached to an aromatic ring is 1. The van der Waals surface area contributed by atoms with Crippen LogP contribution in [0.25, 0.3) is 0 Å². The highest BCUT2D eigenvalue weighted by molar-refractivity contribution is 6.33. The largest absolute Gasteiger partial charge is 0.397 e. The summed E-state index contributed by atoms with van der Waals surface area (Å²) in [6.07, 6.45) is 1.41. The van der Waals surface area contributed by atoms with E-state index in [2.05, 4.69) is 10.3 Å². The van der Waals surface area contributed by atoms with Crippen LogP contribution in [0.4, 0.5) is 11.4 Å². The topological polar surface area (TPSA) is 68.0 Å². The van der Waals surface area contributed by atoms with Crippen molar-refractivity contribution in [2.45, 2.75) is 13.8 Å². The first kappa shape index (κ1) is 13.4. The van der Waals surface area contributed by atoms with Gasteiger partial charge in [-0.3, -0.25) is 4.79 Å². The Bertz CT molecular complexity index is 620. The highest BCUT2D eigenvalue weighted by atomic mass is 35.5. The van der Waals surface area contributed by atoms with Crippen LogP contribution in [-0.2, 0) is 0 Å². The Hall–Kier alpha value is -2.07. The molecule has 1 aromatic heterocycles. The molecule has 0 fully saturated rings. The van der Waals surface area contributed by atoms with Gasteiger partial charge in [-0.2, -0.15) is 0 Å². The number of nitrogens with two attached hydrogens (primary N) is 1. The molecule has 0 spiro atoms. The summed E-state index contributed by atoms with van der Waals surface area (Å²) in [5.41, 5.74) is 9.14. The van der Waals surface area contributed by atoms with Crippen LogP contribution in [-0.4, -0.2) is 10.9 Å². The fraction of sp³-hybridized carbons (Fsp3) is 0.143. The average molecular weight is 276 g/mol. The maximum Gasteiger partial charge on any atom is 0.258 e. The lowest BCUT2D eigenvalue weighted by molar-refractivity contribution is 0.102. The van der Waals surface area contributed by atoms with Crippen LogP contribution in [0.15, 0.2) is 30.5 Å². The van der Waals surface area contributed by atoms with Gasteiger partial charge in [0.25, 0.3) is 5.91 Å². The molecule has 3 N–H and O–H groups in total. The molecule has 2 aromatic rings. The quantitative estimate of drug-likeness (QED) is 0.827. The number of aryl methyl sites for hydroxylation is 2. The zero-order valence-corrected chi connectivity index (χ0v) is 11.5. The molecule has 0 bridgehead atoms. The Morgan fingerprint density at radius 3 is 2.47 bits per heavy atom. The second-order valence-electron chi connectivity index (χ2n) is 4.44. The van der Waals surface area contributed by atoms with Gasteiger partial charge >= 0.3 is 0 Å². The Balaban J connectivity index is 2.28. The summed E-state index contributed by atoms with van der Waals surface area (Å²) in [6, 6.07) is 7.31. The number of rotatable bonds is 2. The number of amides is 1. The Kier molecular flexibility index (Phi) is 3.71. The van der Waals surface area contributed by atoms with Crippen molar-refractivity contribution in [1.82, 2.24) is 4.98 Å². The SMILES string of the molecule is Cc1cc(C)cc(NC(=O)c2cc(N)cnc2Cl)c1. The van der Waals surface area contributed by atoms with Crippen LogP contribution in [0.1, 0.15) is 21.5 Å². The fourth-order valence-electron chi connectivity index (χ4n) is 1.87. The first-order valence-corrected chi connectivity index (χ1v) is 6.14. The van der Waals surface area contributed by atoms with Crippen LogP contribution in [0.3, 0.4) is 0 Å². The van der Waals surface area contributed by atoms with Gasteiger partial charge in [-0.1, -0.05) is 17.7 Å². The third-order valence-electron chi connectivity index (χ3n) is 2.58. The number of benzene rings is 1. The summed E-state index contributed by atoms with van der Waals surface area (Å²) in [5.74, 6) is -0.324. The number of halogens is 1. The van der Waals surface area contributed by atoms with E-state index in [4.69, 9.17) is 17.3 Å². The normalized spacial score (nSPS) is 10.3. The van der Waals surface area contributed by atoms with Crippen LogP contribution < -0.4 is 11.1 Å². The lowest BCUT2D eigenvalue weighted by atomic mass is 10.1. The molecule has 98 valence electrons. The molecule has 0 aliphatic rings. The third-order valence-corrected chi connectivity index (χ3v) is 2.89. The maximum atomic E-state index is 12.1. The molecule has 1 amide bonds. The number of anilines is 2. The van der Waals surface area contributed by atoms with Crippen molar-refractivity contribution in [3.05, 3.63) is 52.3 Å². The standard InChI is InChI=1S/C14H14ClN3O/c1-8-3-9(2)5-11(4-8)18-14(19)12-6-10(16)7-17-13(12)15/h3-7H,16H2,1-2H3,(H,18,19). The van der Waals surface area contributed by atoms with Crippen molar-refractivity contribution in [3.8, 4) is 0 Å². The van der Waals surface area contributed by atoms with E-state index in [1.165, 1.54) is 12.3 Å². The van der Waals surface area contributed by atoms with Crippen molar-refractivity contribution in [1.29, 1.82) is 0 Å². The predicted molar refractivity (Wildman–Crippen MR) is 77.5 cm³/mol. The fourth-order valence-corrected chi connectivity index (χ4v) is 2.06. The number of aromatic nitrogens is 1.